The Labute approximate surface area is 94.6 Å². The number of nitro groups is 1. The molecule has 0 aliphatic rings. The molecule has 0 aliphatic heterocycles. The first-order chi connectivity index (χ1) is 7.16. The molecular weight excluding hydrogens is 264 g/mol. The summed E-state index contributed by atoms with van der Waals surface area (Å²) >= 11 is 3.16. The van der Waals surface area contributed by atoms with Gasteiger partial charge in [-0.2, -0.15) is 5.26 Å². The zero-order valence-electron chi connectivity index (χ0n) is 7.64. The van der Waals surface area contributed by atoms with E-state index in [9.17, 15) is 10.1 Å². The molecule has 0 spiro atoms. The lowest BCUT2D eigenvalue weighted by molar-refractivity contribution is -0.385. The summed E-state index contributed by atoms with van der Waals surface area (Å²) in [5.41, 5.74) is -0.109. The Bertz CT molecular complexity index is 414. The van der Waals surface area contributed by atoms with Crippen molar-refractivity contribution in [3.8, 4) is 11.8 Å². The Hall–Kier alpha value is -1.61. The highest BCUT2D eigenvalue weighted by Gasteiger charge is 2.17. The van der Waals surface area contributed by atoms with Crippen molar-refractivity contribution in [3.63, 3.8) is 0 Å². The smallest absolute Gasteiger partial charge is 0.312 e. The fraction of sp³-hybridized carbons (Fsp3) is 0.222. The van der Waals surface area contributed by atoms with E-state index in [4.69, 9.17) is 10.00 Å². The van der Waals surface area contributed by atoms with Gasteiger partial charge < -0.3 is 4.74 Å². The van der Waals surface area contributed by atoms with E-state index in [0.717, 1.165) is 0 Å². The summed E-state index contributed by atoms with van der Waals surface area (Å²) in [6.07, 6.45) is 0.193. The number of halogens is 1. The summed E-state index contributed by atoms with van der Waals surface area (Å²) in [5.74, 6) is 0.165. The quantitative estimate of drug-likeness (QED) is 0.479. The van der Waals surface area contributed by atoms with Gasteiger partial charge in [-0.25, -0.2) is 0 Å². The SMILES string of the molecule is N#CCCOc1c(Br)cccc1[N+](=O)[O-]. The van der Waals surface area contributed by atoms with Crippen LogP contribution in [0.3, 0.4) is 0 Å². The Morgan fingerprint density at radius 1 is 1.60 bits per heavy atom. The molecule has 0 saturated heterocycles. The van der Waals surface area contributed by atoms with Crippen LogP contribution in [0.5, 0.6) is 5.75 Å². The summed E-state index contributed by atoms with van der Waals surface area (Å²) in [7, 11) is 0. The largest absolute Gasteiger partial charge is 0.485 e. The molecule has 0 aliphatic carbocycles. The number of hydrogen-bond donors (Lipinski definition) is 0. The molecule has 5 nitrogen and oxygen atoms in total. The van der Waals surface area contributed by atoms with Crippen molar-refractivity contribution in [3.05, 3.63) is 32.8 Å². The Morgan fingerprint density at radius 2 is 2.33 bits per heavy atom. The van der Waals surface area contributed by atoms with Gasteiger partial charge in [0, 0.05) is 6.07 Å². The van der Waals surface area contributed by atoms with Crippen molar-refractivity contribution in [1.29, 1.82) is 5.26 Å². The molecule has 1 aromatic carbocycles. The minimum atomic E-state index is -0.521. The number of para-hydroxylation sites is 1. The summed E-state index contributed by atoms with van der Waals surface area (Å²) < 4.78 is 5.67. The van der Waals surface area contributed by atoms with E-state index in [1.54, 1.807) is 12.1 Å². The van der Waals surface area contributed by atoms with E-state index < -0.39 is 4.92 Å². The monoisotopic (exact) mass is 270 g/mol. The van der Waals surface area contributed by atoms with Crippen LogP contribution in [-0.4, -0.2) is 11.5 Å². The molecule has 0 N–H and O–H groups in total. The van der Waals surface area contributed by atoms with Crippen molar-refractivity contribution in [2.75, 3.05) is 6.61 Å². The highest BCUT2D eigenvalue weighted by Crippen LogP contribution is 2.34. The summed E-state index contributed by atoms with van der Waals surface area (Å²) in [5, 5.41) is 19.0. The molecule has 0 aromatic heterocycles. The third-order valence-corrected chi connectivity index (χ3v) is 2.23. The lowest BCUT2D eigenvalue weighted by atomic mass is 10.3. The van der Waals surface area contributed by atoms with Gasteiger partial charge >= 0.3 is 5.69 Å². The molecule has 15 heavy (non-hydrogen) atoms. The number of nitrogens with zero attached hydrogens (tertiary/aromatic N) is 2. The van der Waals surface area contributed by atoms with Gasteiger partial charge in [0.25, 0.3) is 0 Å². The van der Waals surface area contributed by atoms with E-state index in [1.165, 1.54) is 6.07 Å². The predicted molar refractivity (Wildman–Crippen MR) is 56.5 cm³/mol. The highest BCUT2D eigenvalue weighted by molar-refractivity contribution is 9.10. The Kier molecular flexibility index (Phi) is 4.06. The number of hydrogen-bond acceptors (Lipinski definition) is 4. The fourth-order valence-corrected chi connectivity index (χ4v) is 1.45. The van der Waals surface area contributed by atoms with Gasteiger partial charge in [0.1, 0.15) is 6.61 Å². The zero-order valence-corrected chi connectivity index (χ0v) is 9.23. The number of benzene rings is 1. The van der Waals surface area contributed by atoms with Crippen LogP contribution >= 0.6 is 15.9 Å². The molecule has 0 atom stereocenters. The molecule has 0 heterocycles. The lowest BCUT2D eigenvalue weighted by Gasteiger charge is -2.06. The van der Waals surface area contributed by atoms with Crippen LogP contribution in [-0.2, 0) is 0 Å². The van der Waals surface area contributed by atoms with Crippen LogP contribution < -0.4 is 4.74 Å². The standard InChI is InChI=1S/C9H7BrN2O3/c10-7-3-1-4-8(12(13)14)9(7)15-6-2-5-11/h1,3-4H,2,6H2. The van der Waals surface area contributed by atoms with E-state index in [0.29, 0.717) is 4.47 Å². The van der Waals surface area contributed by atoms with Crippen LogP contribution in [0.15, 0.2) is 22.7 Å². The Morgan fingerprint density at radius 3 is 2.93 bits per heavy atom. The lowest BCUT2D eigenvalue weighted by Crippen LogP contribution is -2.00. The highest BCUT2D eigenvalue weighted by atomic mass is 79.9. The predicted octanol–water partition coefficient (Wildman–Crippen LogP) is 2.65. The number of rotatable bonds is 4. The molecule has 78 valence electrons. The van der Waals surface area contributed by atoms with E-state index >= 15 is 0 Å². The van der Waals surface area contributed by atoms with Gasteiger partial charge in [-0.15, -0.1) is 0 Å². The molecule has 0 radical (unpaired) electrons. The molecule has 0 bridgehead atoms. The van der Waals surface area contributed by atoms with Crippen molar-refractivity contribution >= 4 is 21.6 Å². The maximum atomic E-state index is 10.6. The van der Waals surface area contributed by atoms with Crippen molar-refractivity contribution in [2.24, 2.45) is 0 Å². The minimum Gasteiger partial charge on any atom is -0.485 e. The molecular formula is C9H7BrN2O3. The first kappa shape index (κ1) is 11.5. The number of nitriles is 1. The van der Waals surface area contributed by atoms with Gasteiger partial charge in [0.2, 0.25) is 5.75 Å². The van der Waals surface area contributed by atoms with Crippen LogP contribution in [0.2, 0.25) is 0 Å². The molecule has 0 unspecified atom stereocenters. The maximum absolute atomic E-state index is 10.6. The summed E-state index contributed by atoms with van der Waals surface area (Å²) in [6, 6.07) is 6.45. The van der Waals surface area contributed by atoms with Crippen LogP contribution in [0.4, 0.5) is 5.69 Å². The summed E-state index contributed by atoms with van der Waals surface area (Å²) in [4.78, 5) is 10.1. The van der Waals surface area contributed by atoms with E-state index in [2.05, 4.69) is 15.9 Å². The third kappa shape index (κ3) is 2.92. The number of nitro benzene ring substituents is 1. The summed E-state index contributed by atoms with van der Waals surface area (Å²) in [6.45, 7) is 0.139. The second-order valence-electron chi connectivity index (χ2n) is 2.60. The van der Waals surface area contributed by atoms with Gasteiger partial charge in [-0.05, 0) is 22.0 Å². The van der Waals surface area contributed by atoms with E-state index in [-0.39, 0.29) is 24.5 Å². The van der Waals surface area contributed by atoms with Crippen LogP contribution in [0.25, 0.3) is 0 Å². The van der Waals surface area contributed by atoms with Gasteiger partial charge in [-0.1, -0.05) is 6.07 Å². The van der Waals surface area contributed by atoms with Gasteiger partial charge in [0.15, 0.2) is 0 Å². The zero-order chi connectivity index (χ0) is 11.3. The van der Waals surface area contributed by atoms with Crippen molar-refractivity contribution < 1.29 is 9.66 Å². The molecule has 1 rings (SSSR count). The molecule has 1 aromatic rings. The number of ether oxygens (including phenoxy) is 1. The average molecular weight is 271 g/mol. The average Bonchev–Trinajstić information content (AvgIpc) is 2.20. The first-order valence-electron chi connectivity index (χ1n) is 4.09. The first-order valence-corrected chi connectivity index (χ1v) is 4.88. The van der Waals surface area contributed by atoms with Crippen molar-refractivity contribution in [2.45, 2.75) is 6.42 Å². The minimum absolute atomic E-state index is 0.109. The molecule has 0 fully saturated rings. The fourth-order valence-electron chi connectivity index (χ4n) is 0.983. The topological polar surface area (TPSA) is 76.2 Å². The van der Waals surface area contributed by atoms with Crippen molar-refractivity contribution in [1.82, 2.24) is 0 Å². The second-order valence-corrected chi connectivity index (χ2v) is 3.46. The Balaban J connectivity index is 2.93. The van der Waals surface area contributed by atoms with Gasteiger partial charge in [0.05, 0.1) is 21.9 Å². The normalized spacial score (nSPS) is 9.33. The maximum Gasteiger partial charge on any atom is 0.312 e. The third-order valence-electron chi connectivity index (χ3n) is 1.60. The van der Waals surface area contributed by atoms with Crippen LogP contribution in [0.1, 0.15) is 6.42 Å². The van der Waals surface area contributed by atoms with E-state index in [1.807, 2.05) is 6.07 Å². The van der Waals surface area contributed by atoms with Crippen LogP contribution in [0, 0.1) is 21.4 Å². The molecule has 6 heteroatoms. The second kappa shape index (κ2) is 5.32. The van der Waals surface area contributed by atoms with Gasteiger partial charge in [-0.3, -0.25) is 10.1 Å². The molecule has 0 saturated carbocycles. The molecule has 0 amide bonds.